The molecule has 0 saturated carbocycles. The van der Waals surface area contributed by atoms with Gasteiger partial charge in [-0.1, -0.05) is 35.9 Å². The Morgan fingerprint density at radius 1 is 0.963 bits per heavy atom. The first-order valence-electron chi connectivity index (χ1n) is 8.62. The Bertz CT molecular complexity index is 1210. The summed E-state index contributed by atoms with van der Waals surface area (Å²) in [4.78, 5) is 4.78. The molecule has 0 radical (unpaired) electrons. The number of rotatable bonds is 3. The van der Waals surface area contributed by atoms with Crippen molar-refractivity contribution in [1.29, 1.82) is 5.26 Å². The topological polar surface area (TPSA) is 65.8 Å². The fourth-order valence-corrected chi connectivity index (χ4v) is 3.08. The number of pyridine rings is 1. The molecule has 0 fully saturated rings. The van der Waals surface area contributed by atoms with Gasteiger partial charge in [-0.05, 0) is 49.7 Å². The van der Waals surface area contributed by atoms with E-state index < -0.39 is 0 Å². The Morgan fingerprint density at radius 2 is 1.85 bits per heavy atom. The summed E-state index contributed by atoms with van der Waals surface area (Å²) < 4.78 is 1.92. The second-order valence-electron chi connectivity index (χ2n) is 6.39. The zero-order valence-corrected chi connectivity index (χ0v) is 15.1. The van der Waals surface area contributed by atoms with Gasteiger partial charge in [0, 0.05) is 11.8 Å². The van der Waals surface area contributed by atoms with E-state index in [2.05, 4.69) is 48.3 Å². The van der Waals surface area contributed by atoms with Gasteiger partial charge in [-0.15, -0.1) is 10.2 Å². The lowest BCUT2D eigenvalue weighted by atomic mass is 10.0. The molecule has 4 aromatic rings. The number of azo groups is 1. The van der Waals surface area contributed by atoms with Crippen LogP contribution in [0.2, 0.25) is 0 Å². The molecular formula is C22H17N5. The average molecular weight is 351 g/mol. The minimum absolute atomic E-state index is 0.555. The summed E-state index contributed by atoms with van der Waals surface area (Å²) in [6.45, 7) is 4.15. The number of aryl methyl sites for hydroxylation is 2. The lowest BCUT2D eigenvalue weighted by Gasteiger charge is -2.05. The number of imidazole rings is 1. The first-order chi connectivity index (χ1) is 13.2. The van der Waals surface area contributed by atoms with E-state index in [1.165, 1.54) is 5.56 Å². The van der Waals surface area contributed by atoms with Crippen molar-refractivity contribution in [1.82, 2.24) is 9.38 Å². The van der Waals surface area contributed by atoms with Crippen molar-refractivity contribution in [3.8, 4) is 17.3 Å². The summed E-state index contributed by atoms with van der Waals surface area (Å²) in [5.74, 6) is 0.667. The minimum Gasteiger partial charge on any atom is -0.283 e. The maximum absolute atomic E-state index is 9.06. The van der Waals surface area contributed by atoms with Crippen LogP contribution in [0.15, 0.2) is 77.1 Å². The number of nitrogens with zero attached hydrogens (tertiary/aromatic N) is 5. The Hall–Kier alpha value is -3.78. The van der Waals surface area contributed by atoms with Crippen LogP contribution in [0.4, 0.5) is 11.5 Å². The first-order valence-corrected chi connectivity index (χ1v) is 8.62. The van der Waals surface area contributed by atoms with Crippen molar-refractivity contribution >= 4 is 17.2 Å². The molecule has 2 heterocycles. The van der Waals surface area contributed by atoms with Crippen LogP contribution < -0.4 is 0 Å². The molecule has 0 spiro atoms. The third-order valence-corrected chi connectivity index (χ3v) is 4.38. The summed E-state index contributed by atoms with van der Waals surface area (Å²) in [5.41, 5.74) is 6.17. The van der Waals surface area contributed by atoms with E-state index in [9.17, 15) is 0 Å². The second-order valence-corrected chi connectivity index (χ2v) is 6.39. The van der Waals surface area contributed by atoms with E-state index in [-0.39, 0.29) is 0 Å². The summed E-state index contributed by atoms with van der Waals surface area (Å²) in [7, 11) is 0. The van der Waals surface area contributed by atoms with E-state index >= 15 is 0 Å². The molecule has 5 nitrogen and oxygen atoms in total. The summed E-state index contributed by atoms with van der Waals surface area (Å²) in [6.07, 6.45) is 1.93. The molecule has 0 aliphatic heterocycles. The molecule has 0 atom stereocenters. The molecule has 0 saturated heterocycles. The Morgan fingerprint density at radius 3 is 2.67 bits per heavy atom. The van der Waals surface area contributed by atoms with Gasteiger partial charge in [-0.3, -0.25) is 4.40 Å². The van der Waals surface area contributed by atoms with Crippen LogP contribution in [0.5, 0.6) is 0 Å². The van der Waals surface area contributed by atoms with E-state index in [4.69, 9.17) is 10.2 Å². The van der Waals surface area contributed by atoms with Gasteiger partial charge >= 0.3 is 0 Å². The van der Waals surface area contributed by atoms with Gasteiger partial charge in [0.05, 0.1) is 17.3 Å². The molecular weight excluding hydrogens is 334 g/mol. The van der Waals surface area contributed by atoms with E-state index in [0.717, 1.165) is 22.5 Å². The maximum atomic E-state index is 9.06. The van der Waals surface area contributed by atoms with E-state index in [0.29, 0.717) is 17.1 Å². The fraction of sp³-hybridized carbons (Fsp3) is 0.0909. The number of fused-ring (bicyclic) bond motifs is 1. The van der Waals surface area contributed by atoms with Crippen LogP contribution in [-0.4, -0.2) is 9.38 Å². The zero-order valence-electron chi connectivity index (χ0n) is 15.1. The molecule has 27 heavy (non-hydrogen) atoms. The standard InChI is InChI=1S/C22H17N5/c1-15-9-10-19(16(2)12-15)21-22(27-11-4-3-8-20(27)24-21)26-25-18-7-5-6-17(13-18)14-23/h3-13H,1-2H3. The lowest BCUT2D eigenvalue weighted by Crippen LogP contribution is -1.86. The molecule has 0 N–H and O–H groups in total. The normalized spacial score (nSPS) is 11.1. The molecule has 2 aromatic carbocycles. The molecule has 0 amide bonds. The summed E-state index contributed by atoms with van der Waals surface area (Å²) in [6, 6.07) is 21.3. The summed E-state index contributed by atoms with van der Waals surface area (Å²) >= 11 is 0. The molecule has 0 aliphatic rings. The van der Waals surface area contributed by atoms with Crippen molar-refractivity contribution in [2.24, 2.45) is 10.2 Å². The SMILES string of the molecule is Cc1ccc(-c2nc3ccccn3c2N=Nc2cccc(C#N)c2)c(C)c1. The predicted octanol–water partition coefficient (Wildman–Crippen LogP) is 5.91. The van der Waals surface area contributed by atoms with Gasteiger partial charge in [0.2, 0.25) is 0 Å². The molecule has 0 aliphatic carbocycles. The molecule has 5 heteroatoms. The van der Waals surface area contributed by atoms with Crippen LogP contribution in [0, 0.1) is 25.2 Å². The highest BCUT2D eigenvalue weighted by atomic mass is 15.2. The van der Waals surface area contributed by atoms with Crippen molar-refractivity contribution < 1.29 is 0 Å². The largest absolute Gasteiger partial charge is 0.283 e. The van der Waals surface area contributed by atoms with Crippen molar-refractivity contribution in [3.05, 3.63) is 83.6 Å². The molecule has 130 valence electrons. The van der Waals surface area contributed by atoms with Crippen LogP contribution in [0.1, 0.15) is 16.7 Å². The third kappa shape index (κ3) is 3.21. The number of hydrogen-bond acceptors (Lipinski definition) is 4. The van der Waals surface area contributed by atoms with E-state index in [1.807, 2.05) is 34.9 Å². The van der Waals surface area contributed by atoms with Crippen LogP contribution in [0.25, 0.3) is 16.9 Å². The van der Waals surface area contributed by atoms with Gasteiger partial charge in [0.15, 0.2) is 5.82 Å². The van der Waals surface area contributed by atoms with Gasteiger partial charge in [0.1, 0.15) is 11.3 Å². The number of benzene rings is 2. The van der Waals surface area contributed by atoms with Crippen molar-refractivity contribution in [3.63, 3.8) is 0 Å². The smallest absolute Gasteiger partial charge is 0.187 e. The van der Waals surface area contributed by atoms with E-state index in [1.54, 1.807) is 18.2 Å². The number of hydrogen-bond donors (Lipinski definition) is 0. The molecule has 2 aromatic heterocycles. The second kappa shape index (κ2) is 6.85. The highest BCUT2D eigenvalue weighted by Crippen LogP contribution is 2.34. The van der Waals surface area contributed by atoms with Crippen molar-refractivity contribution in [2.75, 3.05) is 0 Å². The fourth-order valence-electron chi connectivity index (χ4n) is 3.08. The van der Waals surface area contributed by atoms with Gasteiger partial charge in [-0.2, -0.15) is 5.26 Å². The van der Waals surface area contributed by atoms with Gasteiger partial charge in [-0.25, -0.2) is 4.98 Å². The van der Waals surface area contributed by atoms with Gasteiger partial charge < -0.3 is 0 Å². The maximum Gasteiger partial charge on any atom is 0.187 e. The Labute approximate surface area is 157 Å². The van der Waals surface area contributed by atoms with Crippen LogP contribution >= 0.6 is 0 Å². The highest BCUT2D eigenvalue weighted by Gasteiger charge is 2.15. The minimum atomic E-state index is 0.555. The number of nitriles is 1. The summed E-state index contributed by atoms with van der Waals surface area (Å²) in [5, 5.41) is 17.9. The Kier molecular flexibility index (Phi) is 4.23. The lowest BCUT2D eigenvalue weighted by molar-refractivity contribution is 1.10. The third-order valence-electron chi connectivity index (χ3n) is 4.38. The molecule has 0 bridgehead atoms. The quantitative estimate of drug-likeness (QED) is 0.431. The first kappa shape index (κ1) is 16.7. The van der Waals surface area contributed by atoms with Crippen molar-refractivity contribution in [2.45, 2.75) is 13.8 Å². The zero-order chi connectivity index (χ0) is 18.8. The Balaban J connectivity index is 1.88. The molecule has 4 rings (SSSR count). The van der Waals surface area contributed by atoms with Gasteiger partial charge in [0.25, 0.3) is 0 Å². The average Bonchev–Trinajstić information content (AvgIpc) is 3.05. The molecule has 0 unspecified atom stereocenters. The predicted molar refractivity (Wildman–Crippen MR) is 105 cm³/mol. The monoisotopic (exact) mass is 351 g/mol. The van der Waals surface area contributed by atoms with Crippen LogP contribution in [-0.2, 0) is 0 Å². The number of aromatic nitrogens is 2. The highest BCUT2D eigenvalue weighted by molar-refractivity contribution is 5.76. The van der Waals surface area contributed by atoms with Crippen LogP contribution in [0.3, 0.4) is 0 Å².